The molecule has 3 aromatic rings. The normalized spacial score (nSPS) is 10.8. The van der Waals surface area contributed by atoms with Crippen LogP contribution < -0.4 is 10.5 Å². The summed E-state index contributed by atoms with van der Waals surface area (Å²) < 4.78 is 7.99. The zero-order valence-electron chi connectivity index (χ0n) is 15.7. The average molecular weight is 380 g/mol. The van der Waals surface area contributed by atoms with Crippen molar-refractivity contribution in [1.82, 2.24) is 4.57 Å². The molecule has 1 heterocycles. The van der Waals surface area contributed by atoms with Crippen LogP contribution in [0.25, 0.3) is 0 Å². The molecule has 0 fully saturated rings. The van der Waals surface area contributed by atoms with E-state index < -0.39 is 0 Å². The van der Waals surface area contributed by atoms with E-state index in [1.807, 2.05) is 43.3 Å². The van der Waals surface area contributed by atoms with Gasteiger partial charge in [-0.3, -0.25) is 4.57 Å². The number of aromatic nitrogens is 1. The van der Waals surface area contributed by atoms with Gasteiger partial charge in [-0.2, -0.15) is 5.26 Å². The first-order valence-electron chi connectivity index (χ1n) is 8.81. The average Bonchev–Trinajstić information content (AvgIpc) is 2.93. The van der Waals surface area contributed by atoms with Crippen molar-refractivity contribution >= 4 is 17.3 Å². The van der Waals surface area contributed by atoms with Crippen LogP contribution in [0.2, 0.25) is 5.02 Å². The van der Waals surface area contributed by atoms with Crippen LogP contribution in [0.4, 0.5) is 5.69 Å². The van der Waals surface area contributed by atoms with Gasteiger partial charge in [0.05, 0.1) is 12.2 Å². The predicted octanol–water partition coefficient (Wildman–Crippen LogP) is 5.87. The molecule has 0 aliphatic heterocycles. The predicted molar refractivity (Wildman–Crippen MR) is 109 cm³/mol. The smallest absolute Gasteiger partial charge is 0.224 e. The maximum atomic E-state index is 9.51. The molecule has 2 N–H and O–H groups in total. The topological polar surface area (TPSA) is 64.0 Å². The van der Waals surface area contributed by atoms with Crippen molar-refractivity contribution in [2.24, 2.45) is 0 Å². The van der Waals surface area contributed by atoms with E-state index in [0.29, 0.717) is 34.7 Å². The van der Waals surface area contributed by atoms with E-state index in [1.165, 1.54) is 5.56 Å². The lowest BCUT2D eigenvalue weighted by Crippen LogP contribution is -2.06. The molecule has 0 saturated carbocycles. The number of ether oxygens (including phenoxy) is 1. The number of hydrogen-bond acceptors (Lipinski definition) is 3. The highest BCUT2D eigenvalue weighted by Crippen LogP contribution is 2.34. The van der Waals surface area contributed by atoms with Gasteiger partial charge in [0.15, 0.2) is 0 Å². The number of anilines is 1. The Labute approximate surface area is 164 Å². The van der Waals surface area contributed by atoms with E-state index in [0.717, 1.165) is 16.9 Å². The number of rotatable bonds is 5. The van der Waals surface area contributed by atoms with Gasteiger partial charge in [-0.1, -0.05) is 49.7 Å². The Bertz CT molecular complexity index is 998. The highest BCUT2D eigenvalue weighted by molar-refractivity contribution is 6.30. The van der Waals surface area contributed by atoms with Crippen molar-refractivity contribution in [1.29, 1.82) is 5.26 Å². The van der Waals surface area contributed by atoms with Crippen molar-refractivity contribution in [2.75, 3.05) is 5.73 Å². The number of benzene rings is 2. The molecule has 0 amide bonds. The molecule has 4 nitrogen and oxygen atoms in total. The fourth-order valence-corrected chi connectivity index (χ4v) is 3.00. The Morgan fingerprint density at radius 3 is 2.48 bits per heavy atom. The second-order valence-electron chi connectivity index (χ2n) is 6.90. The van der Waals surface area contributed by atoms with Crippen molar-refractivity contribution in [3.05, 3.63) is 75.9 Å². The standard InChI is InChI=1S/C22H22ClN3O/c1-14(2)17-7-4-15(3)21(10-17)27-22-20(25)11-19(12-24)26(22)13-16-5-8-18(23)9-6-16/h4-11,14H,13,25H2,1-3H3. The van der Waals surface area contributed by atoms with Crippen LogP contribution in [-0.2, 0) is 6.54 Å². The molecule has 2 aromatic carbocycles. The lowest BCUT2D eigenvalue weighted by atomic mass is 10.0. The Balaban J connectivity index is 2.01. The molecule has 0 radical (unpaired) electrons. The summed E-state index contributed by atoms with van der Waals surface area (Å²) in [5.74, 6) is 1.61. The van der Waals surface area contributed by atoms with Crippen LogP contribution in [0, 0.1) is 18.3 Å². The zero-order chi connectivity index (χ0) is 19.6. The first-order chi connectivity index (χ1) is 12.9. The fourth-order valence-electron chi connectivity index (χ4n) is 2.88. The number of aryl methyl sites for hydroxylation is 1. The van der Waals surface area contributed by atoms with Gasteiger partial charge >= 0.3 is 0 Å². The molecule has 0 unspecified atom stereocenters. The number of nitriles is 1. The molecule has 3 rings (SSSR count). The van der Waals surface area contributed by atoms with Crippen LogP contribution in [0.5, 0.6) is 11.6 Å². The summed E-state index contributed by atoms with van der Waals surface area (Å²) in [6.45, 7) is 6.74. The van der Waals surface area contributed by atoms with Crippen LogP contribution in [0.15, 0.2) is 48.5 Å². The molecule has 0 spiro atoms. The first kappa shape index (κ1) is 18.9. The van der Waals surface area contributed by atoms with E-state index in [2.05, 4.69) is 26.0 Å². The molecular formula is C22H22ClN3O. The number of halogens is 1. The summed E-state index contributed by atoms with van der Waals surface area (Å²) in [5, 5.41) is 10.2. The van der Waals surface area contributed by atoms with Gasteiger partial charge in [0, 0.05) is 11.1 Å². The van der Waals surface area contributed by atoms with Crippen molar-refractivity contribution < 1.29 is 4.74 Å². The molecule has 0 bridgehead atoms. The van der Waals surface area contributed by atoms with Crippen LogP contribution in [0.3, 0.4) is 0 Å². The number of hydrogen-bond donors (Lipinski definition) is 1. The van der Waals surface area contributed by atoms with Crippen molar-refractivity contribution in [3.8, 4) is 17.7 Å². The number of nitrogens with two attached hydrogens (primary N) is 1. The summed E-state index contributed by atoms with van der Waals surface area (Å²) in [6.07, 6.45) is 0. The summed E-state index contributed by atoms with van der Waals surface area (Å²) in [4.78, 5) is 0. The molecule has 0 saturated heterocycles. The SMILES string of the molecule is Cc1ccc(C(C)C)cc1Oc1c(N)cc(C#N)n1Cc1ccc(Cl)cc1. The van der Waals surface area contributed by atoms with E-state index >= 15 is 0 Å². The van der Waals surface area contributed by atoms with Gasteiger partial charge in [-0.15, -0.1) is 0 Å². The van der Waals surface area contributed by atoms with Crippen LogP contribution in [-0.4, -0.2) is 4.57 Å². The van der Waals surface area contributed by atoms with Crippen LogP contribution >= 0.6 is 11.6 Å². The Morgan fingerprint density at radius 2 is 1.85 bits per heavy atom. The second kappa shape index (κ2) is 7.77. The lowest BCUT2D eigenvalue weighted by Gasteiger charge is -2.16. The minimum absolute atomic E-state index is 0.390. The van der Waals surface area contributed by atoms with Gasteiger partial charge in [0.25, 0.3) is 0 Å². The largest absolute Gasteiger partial charge is 0.438 e. The van der Waals surface area contributed by atoms with E-state index in [-0.39, 0.29) is 0 Å². The Morgan fingerprint density at radius 1 is 1.15 bits per heavy atom. The highest BCUT2D eigenvalue weighted by atomic mass is 35.5. The van der Waals surface area contributed by atoms with Gasteiger partial charge in [-0.25, -0.2) is 0 Å². The number of nitrogen functional groups attached to an aromatic ring is 1. The molecule has 27 heavy (non-hydrogen) atoms. The van der Waals surface area contributed by atoms with Gasteiger partial charge in [0.2, 0.25) is 5.88 Å². The van der Waals surface area contributed by atoms with Crippen molar-refractivity contribution in [3.63, 3.8) is 0 Å². The van der Waals surface area contributed by atoms with E-state index in [1.54, 1.807) is 10.6 Å². The van der Waals surface area contributed by atoms with Gasteiger partial charge in [-0.05, 0) is 47.7 Å². The molecule has 0 atom stereocenters. The monoisotopic (exact) mass is 379 g/mol. The summed E-state index contributed by atoms with van der Waals surface area (Å²) >= 11 is 5.97. The highest BCUT2D eigenvalue weighted by Gasteiger charge is 2.17. The lowest BCUT2D eigenvalue weighted by molar-refractivity contribution is 0.433. The van der Waals surface area contributed by atoms with Gasteiger partial charge in [0.1, 0.15) is 17.5 Å². The summed E-state index contributed by atoms with van der Waals surface area (Å²) in [6, 6.07) is 17.5. The Kier molecular flexibility index (Phi) is 5.43. The quantitative estimate of drug-likeness (QED) is 0.603. The van der Waals surface area contributed by atoms with E-state index in [9.17, 15) is 5.26 Å². The summed E-state index contributed by atoms with van der Waals surface area (Å²) in [5.41, 5.74) is 10.3. The second-order valence-corrected chi connectivity index (χ2v) is 7.33. The Hall–Kier alpha value is -2.90. The number of nitrogens with zero attached hydrogens (tertiary/aromatic N) is 2. The summed E-state index contributed by atoms with van der Waals surface area (Å²) in [7, 11) is 0. The zero-order valence-corrected chi connectivity index (χ0v) is 16.4. The molecule has 138 valence electrons. The molecule has 0 aliphatic carbocycles. The first-order valence-corrected chi connectivity index (χ1v) is 9.18. The minimum atomic E-state index is 0.390. The minimum Gasteiger partial charge on any atom is -0.438 e. The molecule has 1 aromatic heterocycles. The van der Waals surface area contributed by atoms with Crippen LogP contribution in [0.1, 0.15) is 42.1 Å². The third-order valence-electron chi connectivity index (χ3n) is 4.53. The molecule has 5 heteroatoms. The molecule has 0 aliphatic rings. The third kappa shape index (κ3) is 4.10. The maximum Gasteiger partial charge on any atom is 0.224 e. The van der Waals surface area contributed by atoms with Crippen molar-refractivity contribution in [2.45, 2.75) is 33.2 Å². The molecular weight excluding hydrogens is 358 g/mol. The fraction of sp³-hybridized carbons (Fsp3) is 0.227. The maximum absolute atomic E-state index is 9.51. The van der Waals surface area contributed by atoms with E-state index in [4.69, 9.17) is 22.1 Å². The third-order valence-corrected chi connectivity index (χ3v) is 4.78. The van der Waals surface area contributed by atoms with Gasteiger partial charge < -0.3 is 10.5 Å².